The molecular formula is C14H16N8. The predicted octanol–water partition coefficient (Wildman–Crippen LogP) is 0.586. The number of hydrogen-bond acceptors (Lipinski definition) is 7. The number of piperazine rings is 1. The molecule has 0 aliphatic carbocycles. The second-order valence-corrected chi connectivity index (χ2v) is 4.84. The number of allylic oxidation sites excluding steroid dienone is 1. The summed E-state index contributed by atoms with van der Waals surface area (Å²) in [6, 6.07) is 10.1. The average molecular weight is 296 g/mol. The molecular weight excluding hydrogens is 280 g/mol. The molecule has 0 unspecified atom stereocenters. The quantitative estimate of drug-likeness (QED) is 0.709. The third-order valence-corrected chi connectivity index (χ3v) is 3.42. The van der Waals surface area contributed by atoms with Crippen LogP contribution in [0.1, 0.15) is 5.82 Å². The maximum atomic E-state index is 9.14. The Kier molecular flexibility index (Phi) is 4.27. The highest BCUT2D eigenvalue weighted by Crippen LogP contribution is 2.20. The molecule has 2 heterocycles. The molecule has 0 saturated carbocycles. The van der Waals surface area contributed by atoms with Crippen molar-refractivity contribution >= 4 is 16.9 Å². The van der Waals surface area contributed by atoms with Crippen molar-refractivity contribution in [2.24, 2.45) is 0 Å². The van der Waals surface area contributed by atoms with E-state index in [9.17, 15) is 0 Å². The maximum absolute atomic E-state index is 9.14. The average Bonchev–Trinajstić information content (AvgIpc) is 3.11. The summed E-state index contributed by atoms with van der Waals surface area (Å²) in [4.78, 5) is 2.33. The van der Waals surface area contributed by atoms with Crippen molar-refractivity contribution < 1.29 is 0 Å². The first-order valence-corrected chi connectivity index (χ1v) is 7.03. The van der Waals surface area contributed by atoms with E-state index in [4.69, 9.17) is 5.26 Å². The van der Waals surface area contributed by atoms with Crippen molar-refractivity contribution in [2.75, 3.05) is 36.4 Å². The molecule has 1 aromatic heterocycles. The SMILES string of the molecule is N#CC(=CNc1cccc(N2CCNCC2)c1)c1nn[nH]n1. The molecule has 2 aromatic rings. The van der Waals surface area contributed by atoms with Crippen LogP contribution in [0.3, 0.4) is 0 Å². The van der Waals surface area contributed by atoms with Crippen LogP contribution < -0.4 is 15.5 Å². The molecule has 8 nitrogen and oxygen atoms in total. The molecule has 0 spiro atoms. The Morgan fingerprint density at radius 3 is 2.95 bits per heavy atom. The highest BCUT2D eigenvalue weighted by Gasteiger charge is 2.10. The fourth-order valence-corrected chi connectivity index (χ4v) is 2.29. The first-order valence-electron chi connectivity index (χ1n) is 7.03. The minimum absolute atomic E-state index is 0.272. The van der Waals surface area contributed by atoms with Gasteiger partial charge in [0.05, 0.1) is 0 Å². The van der Waals surface area contributed by atoms with Crippen LogP contribution in [0.5, 0.6) is 0 Å². The van der Waals surface area contributed by atoms with E-state index in [1.807, 2.05) is 18.2 Å². The van der Waals surface area contributed by atoms with E-state index in [-0.39, 0.29) is 5.82 Å². The number of nitrogens with zero attached hydrogens (tertiary/aromatic N) is 5. The number of nitriles is 1. The molecule has 3 N–H and O–H groups in total. The highest BCUT2D eigenvalue weighted by atomic mass is 15.5. The zero-order valence-electron chi connectivity index (χ0n) is 12.0. The van der Waals surface area contributed by atoms with E-state index in [0.29, 0.717) is 5.57 Å². The third kappa shape index (κ3) is 3.21. The number of anilines is 2. The topological polar surface area (TPSA) is 106 Å². The third-order valence-electron chi connectivity index (χ3n) is 3.42. The van der Waals surface area contributed by atoms with E-state index in [1.165, 1.54) is 0 Å². The normalized spacial score (nSPS) is 15.4. The van der Waals surface area contributed by atoms with E-state index in [1.54, 1.807) is 6.20 Å². The van der Waals surface area contributed by atoms with Gasteiger partial charge in [0, 0.05) is 43.8 Å². The first-order chi connectivity index (χ1) is 10.9. The highest BCUT2D eigenvalue weighted by molar-refractivity contribution is 5.74. The lowest BCUT2D eigenvalue weighted by atomic mass is 10.2. The number of hydrogen-bond donors (Lipinski definition) is 3. The van der Waals surface area contributed by atoms with Crippen LogP contribution in [0, 0.1) is 11.3 Å². The molecule has 1 fully saturated rings. The summed E-state index contributed by atoms with van der Waals surface area (Å²) in [6.07, 6.45) is 1.59. The predicted molar refractivity (Wildman–Crippen MR) is 82.9 cm³/mol. The van der Waals surface area contributed by atoms with Gasteiger partial charge in [-0.15, -0.1) is 10.2 Å². The van der Waals surface area contributed by atoms with Crippen molar-refractivity contribution in [3.05, 3.63) is 36.3 Å². The second-order valence-electron chi connectivity index (χ2n) is 4.84. The van der Waals surface area contributed by atoms with Gasteiger partial charge in [-0.3, -0.25) is 0 Å². The Morgan fingerprint density at radius 2 is 2.23 bits per heavy atom. The summed E-state index contributed by atoms with van der Waals surface area (Å²) < 4.78 is 0. The summed E-state index contributed by atoms with van der Waals surface area (Å²) in [5.41, 5.74) is 2.39. The lowest BCUT2D eigenvalue weighted by molar-refractivity contribution is 0.589. The van der Waals surface area contributed by atoms with Crippen molar-refractivity contribution in [2.45, 2.75) is 0 Å². The van der Waals surface area contributed by atoms with Crippen molar-refractivity contribution in [1.29, 1.82) is 5.26 Å². The number of benzene rings is 1. The van der Waals surface area contributed by atoms with Gasteiger partial charge >= 0.3 is 0 Å². The van der Waals surface area contributed by atoms with Crippen LogP contribution in [0.25, 0.3) is 5.57 Å². The zero-order valence-corrected chi connectivity index (χ0v) is 12.0. The molecule has 0 radical (unpaired) electrons. The molecule has 3 rings (SSSR count). The summed E-state index contributed by atoms with van der Waals surface area (Å²) in [7, 11) is 0. The molecule has 1 saturated heterocycles. The molecule has 1 aliphatic heterocycles. The number of aromatic amines is 1. The van der Waals surface area contributed by atoms with E-state index in [2.05, 4.69) is 48.3 Å². The van der Waals surface area contributed by atoms with Crippen LogP contribution in [0.4, 0.5) is 11.4 Å². The van der Waals surface area contributed by atoms with Gasteiger partial charge in [0.1, 0.15) is 11.6 Å². The van der Waals surface area contributed by atoms with Crippen LogP contribution >= 0.6 is 0 Å². The van der Waals surface area contributed by atoms with Crippen LogP contribution in [0.15, 0.2) is 30.5 Å². The summed E-state index contributed by atoms with van der Waals surface area (Å²) in [5, 5.41) is 29.0. The first kappa shape index (κ1) is 14.0. The Bertz CT molecular complexity index is 679. The van der Waals surface area contributed by atoms with Gasteiger partial charge in [0.2, 0.25) is 5.82 Å². The van der Waals surface area contributed by atoms with Crippen molar-refractivity contribution in [3.63, 3.8) is 0 Å². The van der Waals surface area contributed by atoms with Crippen LogP contribution in [-0.4, -0.2) is 46.8 Å². The molecule has 112 valence electrons. The Balaban J connectivity index is 1.74. The minimum atomic E-state index is 0.272. The summed E-state index contributed by atoms with van der Waals surface area (Å²) >= 11 is 0. The number of rotatable bonds is 4. The molecule has 1 aromatic carbocycles. The van der Waals surface area contributed by atoms with E-state index in [0.717, 1.165) is 37.6 Å². The van der Waals surface area contributed by atoms with Crippen molar-refractivity contribution in [1.82, 2.24) is 25.9 Å². The van der Waals surface area contributed by atoms with Crippen molar-refractivity contribution in [3.8, 4) is 6.07 Å². The molecule has 1 aliphatic rings. The summed E-state index contributed by atoms with van der Waals surface area (Å²) in [6.45, 7) is 3.97. The molecule has 0 amide bonds. The van der Waals surface area contributed by atoms with Gasteiger partial charge in [0.15, 0.2) is 0 Å². The smallest absolute Gasteiger partial charge is 0.216 e. The number of aromatic nitrogens is 4. The lowest BCUT2D eigenvalue weighted by Crippen LogP contribution is -2.43. The van der Waals surface area contributed by atoms with Gasteiger partial charge < -0.3 is 15.5 Å². The van der Waals surface area contributed by atoms with E-state index < -0.39 is 0 Å². The monoisotopic (exact) mass is 296 g/mol. The van der Waals surface area contributed by atoms with Crippen LogP contribution in [0.2, 0.25) is 0 Å². The van der Waals surface area contributed by atoms with Gasteiger partial charge in [-0.1, -0.05) is 6.07 Å². The Labute approximate surface area is 127 Å². The fourth-order valence-electron chi connectivity index (χ4n) is 2.29. The molecule has 8 heteroatoms. The van der Waals surface area contributed by atoms with Gasteiger partial charge in [-0.25, -0.2) is 0 Å². The van der Waals surface area contributed by atoms with E-state index >= 15 is 0 Å². The standard InChI is InChI=1S/C14H16N8/c15-9-11(14-18-20-21-19-14)10-17-12-2-1-3-13(8-12)22-6-4-16-5-7-22/h1-3,8,10,16-17H,4-7H2,(H,18,19,20,21). The largest absolute Gasteiger partial charge is 0.369 e. The number of H-pyrrole nitrogens is 1. The molecule has 22 heavy (non-hydrogen) atoms. The van der Waals surface area contributed by atoms with Gasteiger partial charge in [0.25, 0.3) is 0 Å². The summed E-state index contributed by atoms with van der Waals surface area (Å²) in [5.74, 6) is 0.272. The van der Waals surface area contributed by atoms with Gasteiger partial charge in [-0.05, 0) is 23.4 Å². The van der Waals surface area contributed by atoms with Crippen LogP contribution in [-0.2, 0) is 0 Å². The zero-order chi connectivity index (χ0) is 15.2. The number of tetrazole rings is 1. The van der Waals surface area contributed by atoms with Gasteiger partial charge in [-0.2, -0.15) is 10.5 Å². The molecule has 0 bridgehead atoms. The number of nitrogens with one attached hydrogen (secondary N) is 3. The molecule has 0 atom stereocenters. The minimum Gasteiger partial charge on any atom is -0.369 e. The lowest BCUT2D eigenvalue weighted by Gasteiger charge is -2.29. The fraction of sp³-hybridized carbons (Fsp3) is 0.286. The Morgan fingerprint density at radius 1 is 1.36 bits per heavy atom. The second kappa shape index (κ2) is 6.69. The maximum Gasteiger partial charge on any atom is 0.216 e. The Hall–Kier alpha value is -2.92.